The summed E-state index contributed by atoms with van der Waals surface area (Å²) in [5.74, 6) is -0.489. The number of carbonyl (C=O) groups excluding carboxylic acids is 1. The van der Waals surface area contributed by atoms with E-state index in [1.165, 1.54) is 12.1 Å². The summed E-state index contributed by atoms with van der Waals surface area (Å²) in [4.78, 5) is 16.1. The zero-order valence-corrected chi connectivity index (χ0v) is 11.7. The quantitative estimate of drug-likeness (QED) is 0.911. The van der Waals surface area contributed by atoms with E-state index in [1.807, 2.05) is 0 Å². The van der Waals surface area contributed by atoms with Crippen LogP contribution in [0.25, 0.3) is 0 Å². The number of anilines is 2. The number of nitrogens with one attached hydrogen (secondary N) is 2. The first-order valence-corrected chi connectivity index (χ1v) is 6.30. The highest BCUT2D eigenvalue weighted by molar-refractivity contribution is 9.10. The van der Waals surface area contributed by atoms with E-state index in [0.29, 0.717) is 5.82 Å². The Morgan fingerprint density at radius 2 is 2.11 bits per heavy atom. The number of pyridine rings is 1. The van der Waals surface area contributed by atoms with Crippen LogP contribution in [0.15, 0.2) is 41.0 Å². The van der Waals surface area contributed by atoms with Crippen LogP contribution in [0.1, 0.15) is 10.4 Å². The summed E-state index contributed by atoms with van der Waals surface area (Å²) in [5, 5.41) is 5.29. The van der Waals surface area contributed by atoms with Crippen molar-refractivity contribution in [3.8, 4) is 0 Å². The number of halogens is 2. The minimum Gasteiger partial charge on any atom is -0.385 e. The van der Waals surface area contributed by atoms with Gasteiger partial charge >= 0.3 is 0 Å². The monoisotopic (exact) mass is 323 g/mol. The molecule has 0 saturated carbocycles. The first-order valence-electron chi connectivity index (χ1n) is 5.51. The SMILES string of the molecule is CNc1c(F)cccc1C(=O)Nc1ccc(Br)cn1. The fourth-order valence-corrected chi connectivity index (χ4v) is 1.84. The highest BCUT2D eigenvalue weighted by Crippen LogP contribution is 2.20. The van der Waals surface area contributed by atoms with Gasteiger partial charge in [0.15, 0.2) is 0 Å². The molecule has 0 saturated heterocycles. The van der Waals surface area contributed by atoms with Crippen molar-refractivity contribution < 1.29 is 9.18 Å². The summed E-state index contributed by atoms with van der Waals surface area (Å²) in [6.07, 6.45) is 1.57. The summed E-state index contributed by atoms with van der Waals surface area (Å²) < 4.78 is 14.4. The molecule has 0 spiro atoms. The van der Waals surface area contributed by atoms with E-state index >= 15 is 0 Å². The van der Waals surface area contributed by atoms with E-state index in [2.05, 4.69) is 31.5 Å². The number of rotatable bonds is 3. The van der Waals surface area contributed by atoms with Crippen molar-refractivity contribution in [2.24, 2.45) is 0 Å². The lowest BCUT2D eigenvalue weighted by atomic mass is 10.1. The number of para-hydroxylation sites is 1. The number of aromatic nitrogens is 1. The Morgan fingerprint density at radius 1 is 1.32 bits per heavy atom. The Kier molecular flexibility index (Phi) is 4.11. The maximum Gasteiger partial charge on any atom is 0.259 e. The molecule has 1 heterocycles. The van der Waals surface area contributed by atoms with Gasteiger partial charge in [0.1, 0.15) is 11.6 Å². The fourth-order valence-electron chi connectivity index (χ4n) is 1.60. The van der Waals surface area contributed by atoms with Crippen LogP contribution in [0.4, 0.5) is 15.9 Å². The van der Waals surface area contributed by atoms with Crippen molar-refractivity contribution in [2.45, 2.75) is 0 Å². The second-order valence-corrected chi connectivity index (χ2v) is 4.64. The van der Waals surface area contributed by atoms with Crippen molar-refractivity contribution >= 4 is 33.3 Å². The van der Waals surface area contributed by atoms with Crippen molar-refractivity contribution in [2.75, 3.05) is 17.7 Å². The van der Waals surface area contributed by atoms with E-state index in [0.717, 1.165) is 4.47 Å². The molecule has 4 nitrogen and oxygen atoms in total. The molecular formula is C13H11BrFN3O. The maximum absolute atomic E-state index is 13.5. The van der Waals surface area contributed by atoms with Gasteiger partial charge in [0.2, 0.25) is 0 Å². The molecule has 0 radical (unpaired) electrons. The molecule has 98 valence electrons. The molecule has 0 bridgehead atoms. The third-order valence-electron chi connectivity index (χ3n) is 2.48. The molecule has 0 aliphatic rings. The number of nitrogens with zero attached hydrogens (tertiary/aromatic N) is 1. The van der Waals surface area contributed by atoms with Crippen LogP contribution < -0.4 is 10.6 Å². The predicted molar refractivity (Wildman–Crippen MR) is 75.8 cm³/mol. The average molecular weight is 324 g/mol. The number of carbonyl (C=O) groups is 1. The van der Waals surface area contributed by atoms with E-state index in [-0.39, 0.29) is 11.3 Å². The van der Waals surface area contributed by atoms with Crippen LogP contribution >= 0.6 is 15.9 Å². The van der Waals surface area contributed by atoms with Crippen LogP contribution in [0.3, 0.4) is 0 Å². The first kappa shape index (κ1) is 13.5. The van der Waals surface area contributed by atoms with Crippen molar-refractivity contribution in [3.63, 3.8) is 0 Å². The number of hydrogen-bond acceptors (Lipinski definition) is 3. The standard InChI is InChI=1S/C13H11BrFN3O/c1-16-12-9(3-2-4-10(12)15)13(19)18-11-6-5-8(14)7-17-11/h2-7,16H,1H3,(H,17,18,19). The van der Waals surface area contributed by atoms with Gasteiger partial charge in [-0.2, -0.15) is 0 Å². The average Bonchev–Trinajstić information content (AvgIpc) is 2.41. The Morgan fingerprint density at radius 3 is 2.74 bits per heavy atom. The molecule has 1 amide bonds. The lowest BCUT2D eigenvalue weighted by Gasteiger charge is -2.10. The smallest absolute Gasteiger partial charge is 0.259 e. The van der Waals surface area contributed by atoms with Crippen LogP contribution in [0.5, 0.6) is 0 Å². The van der Waals surface area contributed by atoms with Gasteiger partial charge in [0.25, 0.3) is 5.91 Å². The third kappa shape index (κ3) is 3.08. The second-order valence-electron chi connectivity index (χ2n) is 3.73. The lowest BCUT2D eigenvalue weighted by molar-refractivity contribution is 0.102. The summed E-state index contributed by atoms with van der Waals surface area (Å²) in [5.41, 5.74) is 0.393. The molecule has 0 atom stereocenters. The summed E-state index contributed by atoms with van der Waals surface area (Å²) >= 11 is 3.25. The largest absolute Gasteiger partial charge is 0.385 e. The number of amides is 1. The van der Waals surface area contributed by atoms with Crippen LogP contribution in [0.2, 0.25) is 0 Å². The molecule has 0 fully saturated rings. The Labute approximate surface area is 118 Å². The van der Waals surface area contributed by atoms with Gasteiger partial charge in [-0.1, -0.05) is 6.07 Å². The van der Waals surface area contributed by atoms with Gasteiger partial charge < -0.3 is 10.6 Å². The van der Waals surface area contributed by atoms with Gasteiger partial charge in [-0.3, -0.25) is 4.79 Å². The van der Waals surface area contributed by atoms with Gasteiger partial charge in [-0.15, -0.1) is 0 Å². The Bertz CT molecular complexity index is 601. The molecule has 0 aliphatic heterocycles. The Balaban J connectivity index is 2.25. The molecule has 1 aromatic carbocycles. The van der Waals surface area contributed by atoms with Gasteiger partial charge in [0.05, 0.1) is 11.3 Å². The molecular weight excluding hydrogens is 313 g/mol. The third-order valence-corrected chi connectivity index (χ3v) is 2.95. The highest BCUT2D eigenvalue weighted by atomic mass is 79.9. The van der Waals surface area contributed by atoms with Gasteiger partial charge in [-0.05, 0) is 40.2 Å². The fraction of sp³-hybridized carbons (Fsp3) is 0.0769. The minimum atomic E-state index is -0.473. The normalized spacial score (nSPS) is 10.1. The Hall–Kier alpha value is -1.95. The van der Waals surface area contributed by atoms with E-state index in [9.17, 15) is 9.18 Å². The van der Waals surface area contributed by atoms with E-state index in [4.69, 9.17) is 0 Å². The molecule has 0 aliphatic carbocycles. The lowest BCUT2D eigenvalue weighted by Crippen LogP contribution is -2.15. The van der Waals surface area contributed by atoms with Gasteiger partial charge in [0, 0.05) is 17.7 Å². The van der Waals surface area contributed by atoms with Crippen LogP contribution in [-0.4, -0.2) is 17.9 Å². The van der Waals surface area contributed by atoms with Crippen molar-refractivity contribution in [1.29, 1.82) is 0 Å². The highest BCUT2D eigenvalue weighted by Gasteiger charge is 2.14. The molecule has 2 rings (SSSR count). The van der Waals surface area contributed by atoms with E-state index in [1.54, 1.807) is 31.4 Å². The van der Waals surface area contributed by atoms with Crippen molar-refractivity contribution in [3.05, 3.63) is 52.4 Å². The van der Waals surface area contributed by atoms with Crippen molar-refractivity contribution in [1.82, 2.24) is 4.98 Å². The van der Waals surface area contributed by atoms with E-state index < -0.39 is 11.7 Å². The molecule has 2 N–H and O–H groups in total. The van der Waals surface area contributed by atoms with Crippen LogP contribution in [0, 0.1) is 5.82 Å². The predicted octanol–water partition coefficient (Wildman–Crippen LogP) is 3.28. The topological polar surface area (TPSA) is 54.0 Å². The maximum atomic E-state index is 13.5. The molecule has 6 heteroatoms. The summed E-state index contributed by atoms with van der Waals surface area (Å²) in [7, 11) is 1.56. The minimum absolute atomic E-state index is 0.164. The molecule has 1 aromatic heterocycles. The number of hydrogen-bond donors (Lipinski definition) is 2. The first-order chi connectivity index (χ1) is 9.11. The molecule has 2 aromatic rings. The summed E-state index contributed by atoms with van der Waals surface area (Å²) in [6.45, 7) is 0. The second kappa shape index (κ2) is 5.79. The van der Waals surface area contributed by atoms with Crippen LogP contribution in [-0.2, 0) is 0 Å². The summed E-state index contributed by atoms with van der Waals surface area (Å²) in [6, 6.07) is 7.73. The zero-order chi connectivity index (χ0) is 13.8. The molecule has 19 heavy (non-hydrogen) atoms. The van der Waals surface area contributed by atoms with Gasteiger partial charge in [-0.25, -0.2) is 9.37 Å². The molecule has 0 unspecified atom stereocenters. The zero-order valence-electron chi connectivity index (χ0n) is 10.1. The number of benzene rings is 1.